The summed E-state index contributed by atoms with van der Waals surface area (Å²) in [5, 5.41) is 0. The van der Waals surface area contributed by atoms with Crippen molar-refractivity contribution >= 4 is 10.0 Å². The SMILES string of the molecule is C[C]1[C](C)[C](C)[C](C)[C]1C.Cc1ccc(S(=O)(=O)N[C@@H](c2ccccc2)[C@@H]([NH-])c2ccccc2)cc1.[Cl-].[Rh+2]. The smallest absolute Gasteiger partial charge is 1.00 e. The molecule has 0 amide bonds. The van der Waals surface area contributed by atoms with Gasteiger partial charge in [0.25, 0.3) is 0 Å². The van der Waals surface area contributed by atoms with Crippen molar-refractivity contribution in [2.45, 2.75) is 58.5 Å². The minimum Gasteiger partial charge on any atom is -1.00 e. The average Bonchev–Trinajstić information content (AvgIpc) is 3.06. The molecule has 1 fully saturated rings. The molecular weight excluding hydrogens is 603 g/mol. The van der Waals surface area contributed by atoms with Gasteiger partial charge >= 0.3 is 19.5 Å². The Bertz CT molecular complexity index is 1150. The predicted molar refractivity (Wildman–Crippen MR) is 149 cm³/mol. The Morgan fingerprint density at radius 1 is 0.605 bits per heavy atom. The second-order valence-corrected chi connectivity index (χ2v) is 11.1. The summed E-state index contributed by atoms with van der Waals surface area (Å²) in [6.07, 6.45) is 0. The van der Waals surface area contributed by atoms with Gasteiger partial charge in [0, 0.05) is 6.04 Å². The van der Waals surface area contributed by atoms with Crippen LogP contribution in [0.15, 0.2) is 89.8 Å². The van der Waals surface area contributed by atoms with E-state index in [1.165, 1.54) is 29.6 Å². The maximum Gasteiger partial charge on any atom is 2.00 e. The van der Waals surface area contributed by atoms with Crippen molar-refractivity contribution in [2.75, 3.05) is 0 Å². The molecule has 4 rings (SSSR count). The molecule has 7 heteroatoms. The van der Waals surface area contributed by atoms with Gasteiger partial charge in [-0.15, -0.1) is 0 Å². The summed E-state index contributed by atoms with van der Waals surface area (Å²) in [5.74, 6) is 7.34. The van der Waals surface area contributed by atoms with Crippen molar-refractivity contribution in [1.29, 1.82) is 0 Å². The first-order valence-corrected chi connectivity index (χ1v) is 13.6. The Morgan fingerprint density at radius 2 is 0.974 bits per heavy atom. The number of aryl methyl sites for hydroxylation is 1. The fraction of sp³-hybridized carbons (Fsp3) is 0.258. The maximum atomic E-state index is 12.9. The fourth-order valence-corrected chi connectivity index (χ4v) is 5.44. The molecule has 3 aromatic carbocycles. The van der Waals surface area contributed by atoms with Crippen LogP contribution in [-0.2, 0) is 29.5 Å². The van der Waals surface area contributed by atoms with E-state index >= 15 is 0 Å². The largest absolute Gasteiger partial charge is 2.00 e. The summed E-state index contributed by atoms with van der Waals surface area (Å²) in [4.78, 5) is 0.198. The van der Waals surface area contributed by atoms with E-state index < -0.39 is 22.1 Å². The van der Waals surface area contributed by atoms with Crippen LogP contribution >= 0.6 is 0 Å². The van der Waals surface area contributed by atoms with Gasteiger partial charge in [0.15, 0.2) is 0 Å². The third kappa shape index (κ3) is 8.47. The standard InChI is InChI=1S/C21H21N2O2S.C10H15.ClH.Rh/c1-16-12-14-19(15-13-16)26(24,25)23-21(18-10-6-3-7-11-18)20(22)17-8-4-2-5-9-17;1-6-7(2)9(4)10(5)8(6)3;;/h2-15,20-23H,1H3;1-5H3;1H;/q-1;;;+2/p-1/t20-,21-;;;/m0.../s1. The summed E-state index contributed by atoms with van der Waals surface area (Å²) >= 11 is 0. The molecule has 1 aliphatic carbocycles. The molecule has 0 aliphatic heterocycles. The van der Waals surface area contributed by atoms with Crippen LogP contribution < -0.4 is 17.1 Å². The normalized spacial score (nSPS) is 17.0. The van der Waals surface area contributed by atoms with E-state index in [2.05, 4.69) is 39.3 Å². The van der Waals surface area contributed by atoms with Crippen LogP contribution in [0.25, 0.3) is 5.73 Å². The average molecular weight is 639 g/mol. The fourth-order valence-electron chi connectivity index (χ4n) is 4.20. The van der Waals surface area contributed by atoms with Crippen molar-refractivity contribution in [3.63, 3.8) is 0 Å². The Kier molecular flexibility index (Phi) is 13.9. The first-order chi connectivity index (χ1) is 17.0. The van der Waals surface area contributed by atoms with Crippen molar-refractivity contribution in [3.8, 4) is 0 Å². The number of hydrogen-bond acceptors (Lipinski definition) is 2. The van der Waals surface area contributed by atoms with E-state index in [0.717, 1.165) is 16.7 Å². The molecule has 0 unspecified atom stereocenters. The molecule has 0 spiro atoms. The predicted octanol–water partition coefficient (Wildman–Crippen LogP) is 4.78. The van der Waals surface area contributed by atoms with Crippen LogP contribution in [0.3, 0.4) is 0 Å². The van der Waals surface area contributed by atoms with Crippen LogP contribution in [0, 0.1) is 36.5 Å². The van der Waals surface area contributed by atoms with Crippen LogP contribution in [-0.4, -0.2) is 8.42 Å². The number of hydrogen-bond donors (Lipinski definition) is 1. The summed E-state index contributed by atoms with van der Waals surface area (Å²) in [7, 11) is -3.75. The summed E-state index contributed by atoms with van der Waals surface area (Å²) in [6.45, 7) is 12.9. The third-order valence-corrected chi connectivity index (χ3v) is 8.53. The summed E-state index contributed by atoms with van der Waals surface area (Å²) in [5.41, 5.74) is 11.2. The zero-order chi connectivity index (χ0) is 26.5. The molecule has 2 N–H and O–H groups in total. The number of rotatable bonds is 6. The molecule has 0 aromatic heterocycles. The van der Waals surface area contributed by atoms with Gasteiger partial charge < -0.3 is 18.1 Å². The van der Waals surface area contributed by atoms with Crippen molar-refractivity contribution in [2.24, 2.45) is 0 Å². The van der Waals surface area contributed by atoms with Gasteiger partial charge in [-0.05, 0) is 54.2 Å². The minimum absolute atomic E-state index is 0. The molecule has 6 radical (unpaired) electrons. The van der Waals surface area contributed by atoms with Gasteiger partial charge in [-0.2, -0.15) is 0 Å². The van der Waals surface area contributed by atoms with Crippen LogP contribution in [0.1, 0.15) is 63.4 Å². The molecule has 0 saturated heterocycles. The van der Waals surface area contributed by atoms with Gasteiger partial charge in [0.1, 0.15) is 0 Å². The van der Waals surface area contributed by atoms with E-state index in [4.69, 9.17) is 5.73 Å². The monoisotopic (exact) mass is 638 g/mol. The molecule has 1 aliphatic rings. The summed E-state index contributed by atoms with van der Waals surface area (Å²) in [6, 6.07) is 23.8. The Hall–Kier alpha value is -1.56. The molecule has 38 heavy (non-hydrogen) atoms. The van der Waals surface area contributed by atoms with Gasteiger partial charge in [-0.25, -0.2) is 13.1 Å². The Morgan fingerprint density at radius 3 is 1.37 bits per heavy atom. The summed E-state index contributed by atoms with van der Waals surface area (Å²) < 4.78 is 28.5. The zero-order valence-electron chi connectivity index (χ0n) is 22.7. The molecule has 0 heterocycles. The van der Waals surface area contributed by atoms with Crippen molar-refractivity contribution in [3.05, 3.63) is 137 Å². The number of sulfonamides is 1. The van der Waals surface area contributed by atoms with E-state index in [9.17, 15) is 8.42 Å². The molecular formula is C31H36ClN2O2RhS. The van der Waals surface area contributed by atoms with Gasteiger partial charge in [0.05, 0.1) is 4.90 Å². The third-order valence-electron chi connectivity index (χ3n) is 7.08. The van der Waals surface area contributed by atoms with Crippen molar-refractivity contribution in [1.82, 2.24) is 4.72 Å². The van der Waals surface area contributed by atoms with Crippen molar-refractivity contribution < 1.29 is 40.3 Å². The molecule has 1 saturated carbocycles. The molecule has 2 atom stereocenters. The zero-order valence-corrected chi connectivity index (χ0v) is 25.9. The van der Waals surface area contributed by atoms with Crippen LogP contribution in [0.2, 0.25) is 0 Å². The number of nitrogens with one attached hydrogen (secondary N) is 2. The topological polar surface area (TPSA) is 70.0 Å². The molecule has 204 valence electrons. The van der Waals surface area contributed by atoms with Gasteiger partial charge in [-0.1, -0.05) is 125 Å². The van der Waals surface area contributed by atoms with E-state index in [-0.39, 0.29) is 36.8 Å². The molecule has 3 aromatic rings. The maximum absolute atomic E-state index is 12.9. The van der Waals surface area contributed by atoms with Gasteiger partial charge in [0.2, 0.25) is 10.0 Å². The quantitative estimate of drug-likeness (QED) is 0.395. The Balaban J connectivity index is 0.000000511. The second kappa shape index (κ2) is 15.3. The van der Waals surface area contributed by atoms with Crippen LogP contribution in [0.4, 0.5) is 0 Å². The second-order valence-electron chi connectivity index (χ2n) is 9.34. The Labute approximate surface area is 249 Å². The minimum atomic E-state index is -3.75. The number of halogens is 1. The molecule has 0 bridgehead atoms. The van der Waals surface area contributed by atoms with E-state index in [1.54, 1.807) is 24.3 Å². The van der Waals surface area contributed by atoms with E-state index in [0.29, 0.717) is 0 Å². The first-order valence-electron chi connectivity index (χ1n) is 12.1. The van der Waals surface area contributed by atoms with E-state index in [1.807, 2.05) is 67.6 Å². The number of benzene rings is 3. The van der Waals surface area contributed by atoms with Gasteiger partial charge in [-0.3, -0.25) is 0 Å². The molecule has 4 nitrogen and oxygen atoms in total. The first kappa shape index (κ1) is 34.5. The van der Waals surface area contributed by atoms with Crippen LogP contribution in [0.5, 0.6) is 0 Å².